The number of hydrogen-bond donors (Lipinski definition) is 1. The number of carbonyl (C=O) groups excluding carboxylic acids is 1. The smallest absolute Gasteiger partial charge is 0.226 e. The van der Waals surface area contributed by atoms with E-state index >= 15 is 0 Å². The first-order chi connectivity index (χ1) is 13.2. The van der Waals surface area contributed by atoms with Gasteiger partial charge in [0.15, 0.2) is 5.82 Å². The van der Waals surface area contributed by atoms with Crippen molar-refractivity contribution in [1.82, 2.24) is 10.1 Å². The number of aryl methyl sites for hydroxylation is 2. The minimum Gasteiger partial charge on any atom is -0.457 e. The molecule has 1 aromatic heterocycles. The summed E-state index contributed by atoms with van der Waals surface area (Å²) in [6.45, 7) is 2.07. The Morgan fingerprint density at radius 1 is 1.04 bits per heavy atom. The van der Waals surface area contributed by atoms with E-state index in [4.69, 9.17) is 9.26 Å². The zero-order valence-electron chi connectivity index (χ0n) is 15.4. The van der Waals surface area contributed by atoms with Crippen LogP contribution in [0.5, 0.6) is 11.5 Å². The molecule has 0 aliphatic rings. The molecule has 140 valence electrons. The van der Waals surface area contributed by atoms with Gasteiger partial charge >= 0.3 is 0 Å². The van der Waals surface area contributed by atoms with E-state index in [2.05, 4.69) is 22.4 Å². The van der Waals surface area contributed by atoms with Gasteiger partial charge in [-0.15, -0.1) is 0 Å². The van der Waals surface area contributed by atoms with Crippen molar-refractivity contribution in [3.05, 3.63) is 66.3 Å². The maximum atomic E-state index is 12.1. The third-order valence-electron chi connectivity index (χ3n) is 3.90. The first-order valence-electron chi connectivity index (χ1n) is 9.17. The average Bonchev–Trinajstić information content (AvgIpc) is 3.12. The quantitative estimate of drug-likeness (QED) is 0.591. The van der Waals surface area contributed by atoms with Crippen molar-refractivity contribution in [3.63, 3.8) is 0 Å². The SMILES string of the molecule is CCCc1noc(CCCC(=O)Nc2ccc(Oc3ccccc3)cc2)n1. The number of ether oxygens (including phenoxy) is 1. The van der Waals surface area contributed by atoms with E-state index in [1.807, 2.05) is 54.6 Å². The van der Waals surface area contributed by atoms with Crippen LogP contribution in [0, 0.1) is 0 Å². The van der Waals surface area contributed by atoms with E-state index in [1.165, 1.54) is 0 Å². The second-order valence-electron chi connectivity index (χ2n) is 6.20. The van der Waals surface area contributed by atoms with Gasteiger partial charge in [0.1, 0.15) is 11.5 Å². The van der Waals surface area contributed by atoms with Crippen LogP contribution in [0.15, 0.2) is 59.1 Å². The molecule has 6 heteroatoms. The number of nitrogens with zero attached hydrogens (tertiary/aromatic N) is 2. The number of benzene rings is 2. The van der Waals surface area contributed by atoms with Crippen LogP contribution in [-0.2, 0) is 17.6 Å². The van der Waals surface area contributed by atoms with Crippen molar-refractivity contribution >= 4 is 11.6 Å². The van der Waals surface area contributed by atoms with Gasteiger partial charge in [-0.3, -0.25) is 4.79 Å². The molecule has 0 fully saturated rings. The second-order valence-corrected chi connectivity index (χ2v) is 6.20. The maximum absolute atomic E-state index is 12.1. The normalized spacial score (nSPS) is 10.6. The summed E-state index contributed by atoms with van der Waals surface area (Å²) in [6.07, 6.45) is 3.46. The summed E-state index contributed by atoms with van der Waals surface area (Å²) in [6, 6.07) is 16.9. The summed E-state index contributed by atoms with van der Waals surface area (Å²) in [5.74, 6) is 2.78. The molecule has 0 spiro atoms. The Labute approximate surface area is 158 Å². The molecule has 0 saturated carbocycles. The van der Waals surface area contributed by atoms with Gasteiger partial charge in [-0.25, -0.2) is 0 Å². The molecule has 2 aromatic carbocycles. The van der Waals surface area contributed by atoms with Gasteiger partial charge in [0, 0.05) is 24.9 Å². The zero-order valence-corrected chi connectivity index (χ0v) is 15.4. The van der Waals surface area contributed by atoms with Crippen LogP contribution in [-0.4, -0.2) is 16.0 Å². The molecule has 0 unspecified atom stereocenters. The first-order valence-corrected chi connectivity index (χ1v) is 9.17. The summed E-state index contributed by atoms with van der Waals surface area (Å²) in [4.78, 5) is 16.4. The fraction of sp³-hybridized carbons (Fsp3) is 0.286. The number of carbonyl (C=O) groups is 1. The van der Waals surface area contributed by atoms with E-state index in [-0.39, 0.29) is 5.91 Å². The third kappa shape index (κ3) is 5.95. The molecule has 1 amide bonds. The summed E-state index contributed by atoms with van der Waals surface area (Å²) >= 11 is 0. The number of rotatable bonds is 9. The van der Waals surface area contributed by atoms with Crippen LogP contribution in [0.4, 0.5) is 5.69 Å². The molecular weight excluding hydrogens is 342 g/mol. The van der Waals surface area contributed by atoms with Crippen molar-refractivity contribution in [2.75, 3.05) is 5.32 Å². The standard InChI is InChI=1S/C21H23N3O3/c1-2-7-19-23-21(27-24-19)11-6-10-20(25)22-16-12-14-18(15-13-16)26-17-8-4-3-5-9-17/h3-5,8-9,12-15H,2,6-7,10-11H2,1H3,(H,22,25). The highest BCUT2D eigenvalue weighted by Crippen LogP contribution is 2.22. The lowest BCUT2D eigenvalue weighted by atomic mass is 10.2. The lowest BCUT2D eigenvalue weighted by molar-refractivity contribution is -0.116. The number of amides is 1. The Kier molecular flexibility index (Phi) is 6.57. The minimum atomic E-state index is -0.0416. The highest BCUT2D eigenvalue weighted by Gasteiger charge is 2.08. The lowest BCUT2D eigenvalue weighted by Gasteiger charge is -2.08. The fourth-order valence-electron chi connectivity index (χ4n) is 2.57. The van der Waals surface area contributed by atoms with Crippen LogP contribution in [0.1, 0.15) is 37.9 Å². The van der Waals surface area contributed by atoms with Crippen LogP contribution in [0.2, 0.25) is 0 Å². The largest absolute Gasteiger partial charge is 0.457 e. The third-order valence-corrected chi connectivity index (χ3v) is 3.90. The Morgan fingerprint density at radius 3 is 2.52 bits per heavy atom. The molecule has 1 N–H and O–H groups in total. The van der Waals surface area contributed by atoms with E-state index in [0.29, 0.717) is 25.2 Å². The Bertz CT molecular complexity index is 845. The van der Waals surface area contributed by atoms with E-state index in [1.54, 1.807) is 0 Å². The predicted molar refractivity (Wildman–Crippen MR) is 103 cm³/mol. The van der Waals surface area contributed by atoms with Crippen molar-refractivity contribution in [2.45, 2.75) is 39.0 Å². The Balaban J connectivity index is 1.42. The van der Waals surface area contributed by atoms with Crippen LogP contribution in [0.25, 0.3) is 0 Å². The van der Waals surface area contributed by atoms with Gasteiger partial charge in [-0.1, -0.05) is 30.3 Å². The summed E-state index contributed by atoms with van der Waals surface area (Å²) < 4.78 is 10.9. The number of hydrogen-bond acceptors (Lipinski definition) is 5. The van der Waals surface area contributed by atoms with E-state index in [0.717, 1.165) is 35.9 Å². The molecule has 1 heterocycles. The van der Waals surface area contributed by atoms with Crippen LogP contribution >= 0.6 is 0 Å². The topological polar surface area (TPSA) is 77.2 Å². The highest BCUT2D eigenvalue weighted by atomic mass is 16.5. The molecule has 6 nitrogen and oxygen atoms in total. The van der Waals surface area contributed by atoms with Gasteiger partial charge in [0.2, 0.25) is 11.8 Å². The lowest BCUT2D eigenvalue weighted by Crippen LogP contribution is -2.11. The molecule has 3 rings (SSSR count). The van der Waals surface area contributed by atoms with Crippen LogP contribution < -0.4 is 10.1 Å². The minimum absolute atomic E-state index is 0.0416. The molecule has 3 aromatic rings. The van der Waals surface area contributed by atoms with Gasteiger partial charge < -0.3 is 14.6 Å². The number of para-hydroxylation sites is 1. The van der Waals surface area contributed by atoms with Crippen molar-refractivity contribution < 1.29 is 14.1 Å². The molecule has 0 aliphatic carbocycles. The number of anilines is 1. The van der Waals surface area contributed by atoms with Crippen molar-refractivity contribution in [3.8, 4) is 11.5 Å². The second kappa shape index (κ2) is 9.52. The predicted octanol–water partition coefficient (Wildman–Crippen LogP) is 4.78. The molecule has 27 heavy (non-hydrogen) atoms. The Hall–Kier alpha value is -3.15. The molecule has 0 saturated heterocycles. The molecular formula is C21H23N3O3. The number of nitrogens with one attached hydrogen (secondary N) is 1. The average molecular weight is 365 g/mol. The van der Waals surface area contributed by atoms with Crippen molar-refractivity contribution in [1.29, 1.82) is 0 Å². The first kappa shape index (κ1) is 18.6. The van der Waals surface area contributed by atoms with Gasteiger partial charge in [0.25, 0.3) is 0 Å². The molecule has 0 atom stereocenters. The van der Waals surface area contributed by atoms with Gasteiger partial charge in [-0.2, -0.15) is 4.98 Å². The Morgan fingerprint density at radius 2 is 1.78 bits per heavy atom. The van der Waals surface area contributed by atoms with E-state index in [9.17, 15) is 4.79 Å². The molecule has 0 aliphatic heterocycles. The summed E-state index contributed by atoms with van der Waals surface area (Å²) in [5.41, 5.74) is 0.739. The molecule has 0 radical (unpaired) electrons. The molecule has 0 bridgehead atoms. The monoisotopic (exact) mass is 365 g/mol. The van der Waals surface area contributed by atoms with Gasteiger partial charge in [-0.05, 0) is 49.2 Å². The highest BCUT2D eigenvalue weighted by molar-refractivity contribution is 5.90. The van der Waals surface area contributed by atoms with E-state index < -0.39 is 0 Å². The summed E-state index contributed by atoms with van der Waals surface area (Å²) in [7, 11) is 0. The summed E-state index contributed by atoms with van der Waals surface area (Å²) in [5, 5.41) is 6.79. The fourth-order valence-corrected chi connectivity index (χ4v) is 2.57. The maximum Gasteiger partial charge on any atom is 0.226 e. The number of aromatic nitrogens is 2. The van der Waals surface area contributed by atoms with Crippen LogP contribution in [0.3, 0.4) is 0 Å². The van der Waals surface area contributed by atoms with Gasteiger partial charge in [0.05, 0.1) is 0 Å². The zero-order chi connectivity index (χ0) is 18.9. The van der Waals surface area contributed by atoms with Crippen molar-refractivity contribution in [2.24, 2.45) is 0 Å².